The monoisotopic (exact) mass is 758 g/mol. The van der Waals surface area contributed by atoms with Crippen molar-refractivity contribution in [3.05, 3.63) is 206 Å². The number of furan rings is 1. The molecular formula is C54H34N2OS. The van der Waals surface area contributed by atoms with E-state index in [0.29, 0.717) is 0 Å². The number of hydrogen-bond acceptors (Lipinski definition) is 3. The van der Waals surface area contributed by atoms with Gasteiger partial charge in [-0.05, 0) is 77.4 Å². The molecule has 12 rings (SSSR count). The van der Waals surface area contributed by atoms with Crippen LogP contribution in [0.25, 0.3) is 91.9 Å². The molecule has 4 heteroatoms. The third kappa shape index (κ3) is 5.05. The van der Waals surface area contributed by atoms with Crippen molar-refractivity contribution < 1.29 is 4.42 Å². The molecule has 0 aliphatic rings. The van der Waals surface area contributed by atoms with Gasteiger partial charge in [0.2, 0.25) is 0 Å². The van der Waals surface area contributed by atoms with Crippen LogP contribution in [0.5, 0.6) is 0 Å². The SMILES string of the molecule is c1ccc(-n2c3ccccc3c3ccccc32)c(-c2ccc(-c3ccc(N(c4cccc5c4oc4ccccc45)c4cccc5sc6ccccc6c45)cc3)cc2)c1. The van der Waals surface area contributed by atoms with E-state index in [-0.39, 0.29) is 0 Å². The van der Waals surface area contributed by atoms with Crippen LogP contribution in [0.1, 0.15) is 0 Å². The molecule has 58 heavy (non-hydrogen) atoms. The number of para-hydroxylation sites is 5. The summed E-state index contributed by atoms with van der Waals surface area (Å²) in [5.74, 6) is 0. The Balaban J connectivity index is 0.963. The van der Waals surface area contributed by atoms with Gasteiger partial charge in [0, 0.05) is 53.0 Å². The third-order valence-corrected chi connectivity index (χ3v) is 12.8. The number of aromatic nitrogens is 1. The lowest BCUT2D eigenvalue weighted by Crippen LogP contribution is -2.10. The average Bonchev–Trinajstić information content (AvgIpc) is 3.97. The molecule has 0 amide bonds. The van der Waals surface area contributed by atoms with E-state index in [1.54, 1.807) is 0 Å². The van der Waals surface area contributed by atoms with Crippen LogP contribution in [0.15, 0.2) is 211 Å². The first kappa shape index (κ1) is 32.8. The molecular weight excluding hydrogens is 725 g/mol. The van der Waals surface area contributed by atoms with Crippen molar-refractivity contribution in [1.82, 2.24) is 4.57 Å². The molecule has 3 aromatic heterocycles. The van der Waals surface area contributed by atoms with E-state index in [2.05, 4.69) is 210 Å². The summed E-state index contributed by atoms with van der Waals surface area (Å²) >= 11 is 1.84. The van der Waals surface area contributed by atoms with Crippen LogP contribution in [0.2, 0.25) is 0 Å². The van der Waals surface area contributed by atoms with Gasteiger partial charge in [0.15, 0.2) is 5.58 Å². The summed E-state index contributed by atoms with van der Waals surface area (Å²) in [5.41, 5.74) is 13.3. The molecule has 0 N–H and O–H groups in total. The van der Waals surface area contributed by atoms with Crippen LogP contribution in [-0.4, -0.2) is 4.57 Å². The highest BCUT2D eigenvalue weighted by Gasteiger charge is 2.23. The van der Waals surface area contributed by atoms with Gasteiger partial charge in [-0.1, -0.05) is 146 Å². The van der Waals surface area contributed by atoms with Crippen LogP contribution in [0.4, 0.5) is 17.1 Å². The van der Waals surface area contributed by atoms with E-state index in [0.717, 1.165) is 44.6 Å². The Kier molecular flexibility index (Phi) is 7.40. The van der Waals surface area contributed by atoms with Gasteiger partial charge in [-0.25, -0.2) is 0 Å². The number of thiophene rings is 1. The minimum atomic E-state index is 0.876. The molecule has 3 heterocycles. The van der Waals surface area contributed by atoms with Gasteiger partial charge in [0.25, 0.3) is 0 Å². The molecule has 0 radical (unpaired) electrons. The van der Waals surface area contributed by atoms with Gasteiger partial charge in [-0.15, -0.1) is 11.3 Å². The van der Waals surface area contributed by atoms with Gasteiger partial charge >= 0.3 is 0 Å². The van der Waals surface area contributed by atoms with Crippen molar-refractivity contribution in [3.63, 3.8) is 0 Å². The zero-order valence-electron chi connectivity index (χ0n) is 31.3. The summed E-state index contributed by atoms with van der Waals surface area (Å²) in [7, 11) is 0. The van der Waals surface area contributed by atoms with E-state index in [1.165, 1.54) is 64.4 Å². The maximum absolute atomic E-state index is 6.66. The van der Waals surface area contributed by atoms with E-state index in [4.69, 9.17) is 4.42 Å². The van der Waals surface area contributed by atoms with Gasteiger partial charge in [0.05, 0.1) is 28.1 Å². The second-order valence-corrected chi connectivity index (χ2v) is 15.9. The van der Waals surface area contributed by atoms with Crippen molar-refractivity contribution in [2.24, 2.45) is 0 Å². The molecule has 9 aromatic carbocycles. The molecule has 0 saturated carbocycles. The quantitative estimate of drug-likeness (QED) is 0.168. The van der Waals surface area contributed by atoms with Crippen LogP contribution >= 0.6 is 11.3 Å². The minimum Gasteiger partial charge on any atom is -0.454 e. The Morgan fingerprint density at radius 2 is 0.948 bits per heavy atom. The fourth-order valence-corrected chi connectivity index (χ4v) is 10.1. The zero-order valence-corrected chi connectivity index (χ0v) is 32.2. The van der Waals surface area contributed by atoms with E-state index < -0.39 is 0 Å². The first-order valence-corrected chi connectivity index (χ1v) is 20.5. The highest BCUT2D eigenvalue weighted by atomic mass is 32.1. The van der Waals surface area contributed by atoms with Crippen molar-refractivity contribution in [2.75, 3.05) is 4.90 Å². The zero-order chi connectivity index (χ0) is 38.2. The van der Waals surface area contributed by atoms with Crippen LogP contribution in [0.3, 0.4) is 0 Å². The number of fused-ring (bicyclic) bond motifs is 9. The van der Waals surface area contributed by atoms with Crippen molar-refractivity contribution in [2.45, 2.75) is 0 Å². The summed E-state index contributed by atoms with van der Waals surface area (Å²) in [6.45, 7) is 0. The summed E-state index contributed by atoms with van der Waals surface area (Å²) in [6, 6.07) is 74.3. The molecule has 3 nitrogen and oxygen atoms in total. The van der Waals surface area contributed by atoms with Crippen molar-refractivity contribution in [1.29, 1.82) is 0 Å². The van der Waals surface area contributed by atoms with Gasteiger partial charge < -0.3 is 13.9 Å². The van der Waals surface area contributed by atoms with Gasteiger partial charge in [-0.3, -0.25) is 0 Å². The molecule has 272 valence electrons. The highest BCUT2D eigenvalue weighted by molar-refractivity contribution is 7.26. The second kappa shape index (κ2) is 13.1. The molecule has 0 aliphatic heterocycles. The van der Waals surface area contributed by atoms with Crippen LogP contribution in [-0.2, 0) is 0 Å². The lowest BCUT2D eigenvalue weighted by atomic mass is 9.98. The van der Waals surface area contributed by atoms with Gasteiger partial charge in [-0.2, -0.15) is 0 Å². The number of anilines is 3. The summed E-state index contributed by atoms with van der Waals surface area (Å²) in [5, 5.41) is 7.26. The number of benzene rings is 9. The Labute approximate surface area is 338 Å². The first-order valence-electron chi connectivity index (χ1n) is 19.7. The fraction of sp³-hybridized carbons (Fsp3) is 0. The smallest absolute Gasteiger partial charge is 0.159 e. The molecule has 0 atom stereocenters. The molecule has 0 spiro atoms. The lowest BCUT2D eigenvalue weighted by Gasteiger charge is -2.26. The lowest BCUT2D eigenvalue weighted by molar-refractivity contribution is 0.669. The molecule has 0 saturated heterocycles. The van der Waals surface area contributed by atoms with E-state index in [9.17, 15) is 0 Å². The topological polar surface area (TPSA) is 21.3 Å². The maximum atomic E-state index is 6.66. The average molecular weight is 759 g/mol. The van der Waals surface area contributed by atoms with E-state index >= 15 is 0 Å². The normalized spacial score (nSPS) is 11.8. The van der Waals surface area contributed by atoms with Crippen molar-refractivity contribution in [3.8, 4) is 27.9 Å². The molecule has 0 unspecified atom stereocenters. The van der Waals surface area contributed by atoms with E-state index in [1.807, 2.05) is 17.4 Å². The Bertz CT molecular complexity index is 3460. The fourth-order valence-electron chi connectivity index (χ4n) is 9.00. The van der Waals surface area contributed by atoms with Crippen LogP contribution in [0, 0.1) is 0 Å². The summed E-state index contributed by atoms with van der Waals surface area (Å²) in [6.07, 6.45) is 0. The second-order valence-electron chi connectivity index (χ2n) is 14.8. The maximum Gasteiger partial charge on any atom is 0.159 e. The highest BCUT2D eigenvalue weighted by Crippen LogP contribution is 2.48. The molecule has 0 bridgehead atoms. The summed E-state index contributed by atoms with van der Waals surface area (Å²) < 4.78 is 11.6. The predicted octanol–water partition coefficient (Wildman–Crippen LogP) is 15.9. The number of rotatable bonds is 6. The predicted molar refractivity (Wildman–Crippen MR) is 247 cm³/mol. The molecule has 0 aliphatic carbocycles. The largest absolute Gasteiger partial charge is 0.454 e. The van der Waals surface area contributed by atoms with Gasteiger partial charge in [0.1, 0.15) is 5.58 Å². The summed E-state index contributed by atoms with van der Waals surface area (Å²) in [4.78, 5) is 2.38. The number of hydrogen-bond donors (Lipinski definition) is 0. The first-order chi connectivity index (χ1) is 28.8. The molecule has 12 aromatic rings. The van der Waals surface area contributed by atoms with Crippen molar-refractivity contribution >= 4 is 92.3 Å². The standard InChI is InChI=1S/C54H34N2OS/c1-6-19-45(56-46-20-7-2-14-40(46)41-15-3-8-21-47(41)56)39(13-1)37-29-27-35(28-30-37)36-31-33-38(34-32-36)55(48-22-12-26-52-53(48)44-17-5-10-25-51(44)58-52)49-23-11-18-43-42-16-4-9-24-50(42)57-54(43)49/h1-34H. The third-order valence-electron chi connectivity index (χ3n) is 11.6. The Morgan fingerprint density at radius 3 is 1.72 bits per heavy atom. The Hall–Kier alpha value is -7.40. The minimum absolute atomic E-state index is 0.876. The Morgan fingerprint density at radius 1 is 0.397 bits per heavy atom. The molecule has 0 fully saturated rings. The van der Waals surface area contributed by atoms with Crippen LogP contribution < -0.4 is 4.90 Å². The number of nitrogens with zero attached hydrogens (tertiary/aromatic N) is 2.